The molecule has 140 valence electrons. The molecule has 0 aliphatic carbocycles. The maximum Gasteiger partial charge on any atom is 0.336 e. The molecule has 0 bridgehead atoms. The molecule has 0 aliphatic rings. The molecule has 4 rings (SSSR count). The molecule has 0 saturated heterocycles. The highest BCUT2D eigenvalue weighted by molar-refractivity contribution is 5.87. The Labute approximate surface area is 158 Å². The van der Waals surface area contributed by atoms with Gasteiger partial charge < -0.3 is 18.3 Å². The SMILES string of the molecule is COc1ccc2c(COC(=O)/C=C/c3nc4ccccc4o3)cc(=O)oc2c1. The Bertz CT molecular complexity index is 1220. The highest BCUT2D eigenvalue weighted by atomic mass is 16.5. The Hall–Kier alpha value is -3.87. The number of fused-ring (bicyclic) bond motifs is 2. The lowest BCUT2D eigenvalue weighted by molar-refractivity contribution is -0.138. The Kier molecular flexibility index (Phi) is 4.63. The smallest absolute Gasteiger partial charge is 0.336 e. The predicted molar refractivity (Wildman–Crippen MR) is 102 cm³/mol. The van der Waals surface area contributed by atoms with E-state index in [-0.39, 0.29) is 6.61 Å². The second kappa shape index (κ2) is 7.40. The van der Waals surface area contributed by atoms with Gasteiger partial charge in [-0.25, -0.2) is 14.6 Å². The first-order valence-electron chi connectivity index (χ1n) is 8.43. The number of benzene rings is 2. The lowest BCUT2D eigenvalue weighted by Crippen LogP contribution is -2.05. The van der Waals surface area contributed by atoms with Crippen LogP contribution in [-0.2, 0) is 16.1 Å². The summed E-state index contributed by atoms with van der Waals surface area (Å²) in [6.45, 7) is -0.0782. The van der Waals surface area contributed by atoms with Crippen molar-refractivity contribution in [2.75, 3.05) is 7.11 Å². The molecular weight excluding hydrogens is 362 g/mol. The Morgan fingerprint density at radius 2 is 1.96 bits per heavy atom. The number of para-hydroxylation sites is 2. The van der Waals surface area contributed by atoms with Crippen LogP contribution >= 0.6 is 0 Å². The molecule has 4 aromatic rings. The normalized spacial score (nSPS) is 11.3. The Morgan fingerprint density at radius 3 is 2.79 bits per heavy atom. The molecule has 2 aromatic heterocycles. The number of esters is 1. The van der Waals surface area contributed by atoms with E-state index in [1.807, 2.05) is 18.2 Å². The van der Waals surface area contributed by atoms with E-state index in [1.165, 1.54) is 25.3 Å². The van der Waals surface area contributed by atoms with Gasteiger partial charge in [0.25, 0.3) is 0 Å². The summed E-state index contributed by atoms with van der Waals surface area (Å²) in [7, 11) is 1.52. The van der Waals surface area contributed by atoms with Crippen LogP contribution in [0.2, 0.25) is 0 Å². The number of nitrogens with zero attached hydrogens (tertiary/aromatic N) is 1. The molecule has 28 heavy (non-hydrogen) atoms. The van der Waals surface area contributed by atoms with Gasteiger partial charge in [0.2, 0.25) is 5.89 Å². The maximum atomic E-state index is 12.0. The summed E-state index contributed by atoms with van der Waals surface area (Å²) in [5.41, 5.74) is 1.70. The van der Waals surface area contributed by atoms with Crippen molar-refractivity contribution in [3.8, 4) is 5.75 Å². The first-order valence-corrected chi connectivity index (χ1v) is 8.43. The lowest BCUT2D eigenvalue weighted by atomic mass is 10.1. The van der Waals surface area contributed by atoms with Crippen LogP contribution in [0.15, 0.2) is 68.2 Å². The topological polar surface area (TPSA) is 91.8 Å². The second-order valence-electron chi connectivity index (χ2n) is 5.91. The fraction of sp³-hybridized carbons (Fsp3) is 0.0952. The van der Waals surface area contributed by atoms with E-state index in [0.29, 0.717) is 39.3 Å². The number of oxazole rings is 1. The van der Waals surface area contributed by atoms with Crippen LogP contribution in [-0.4, -0.2) is 18.1 Å². The van der Waals surface area contributed by atoms with Crippen LogP contribution in [0.3, 0.4) is 0 Å². The average Bonchev–Trinajstić information content (AvgIpc) is 3.12. The number of hydrogen-bond acceptors (Lipinski definition) is 7. The number of methoxy groups -OCH3 is 1. The molecule has 0 aliphatic heterocycles. The molecule has 0 spiro atoms. The third-order valence-electron chi connectivity index (χ3n) is 4.08. The molecule has 0 unspecified atom stereocenters. The zero-order chi connectivity index (χ0) is 19.5. The van der Waals surface area contributed by atoms with Gasteiger partial charge in [-0.05, 0) is 24.3 Å². The van der Waals surface area contributed by atoms with Crippen LogP contribution in [0, 0.1) is 0 Å². The average molecular weight is 377 g/mol. The number of hydrogen-bond donors (Lipinski definition) is 0. The van der Waals surface area contributed by atoms with E-state index in [2.05, 4.69) is 4.98 Å². The lowest BCUT2D eigenvalue weighted by Gasteiger charge is -2.07. The minimum Gasteiger partial charge on any atom is -0.497 e. The van der Waals surface area contributed by atoms with Crippen LogP contribution in [0.4, 0.5) is 0 Å². The van der Waals surface area contributed by atoms with E-state index in [1.54, 1.807) is 24.3 Å². The van der Waals surface area contributed by atoms with Gasteiger partial charge in [0.15, 0.2) is 5.58 Å². The molecule has 0 fully saturated rings. The highest BCUT2D eigenvalue weighted by Crippen LogP contribution is 2.23. The van der Waals surface area contributed by atoms with Crippen molar-refractivity contribution in [2.24, 2.45) is 0 Å². The summed E-state index contributed by atoms with van der Waals surface area (Å²) >= 11 is 0. The molecule has 2 heterocycles. The highest BCUT2D eigenvalue weighted by Gasteiger charge is 2.09. The molecule has 0 atom stereocenters. The van der Waals surface area contributed by atoms with E-state index in [4.69, 9.17) is 18.3 Å². The summed E-state index contributed by atoms with van der Waals surface area (Å²) in [5, 5.41) is 0.663. The first-order chi connectivity index (χ1) is 13.6. The molecular formula is C21H15NO6. The fourth-order valence-corrected chi connectivity index (χ4v) is 2.75. The number of carbonyl (C=O) groups is 1. The Morgan fingerprint density at radius 1 is 1.11 bits per heavy atom. The van der Waals surface area contributed by atoms with Crippen molar-refractivity contribution < 1.29 is 23.1 Å². The minimum atomic E-state index is -0.586. The largest absolute Gasteiger partial charge is 0.497 e. The summed E-state index contributed by atoms with van der Waals surface area (Å²) in [5.74, 6) is 0.277. The van der Waals surface area contributed by atoms with Crippen molar-refractivity contribution >= 4 is 34.1 Å². The molecule has 0 radical (unpaired) electrons. The summed E-state index contributed by atoms with van der Waals surface area (Å²) < 4.78 is 21.0. The molecule has 2 aromatic carbocycles. The maximum absolute atomic E-state index is 12.0. The van der Waals surface area contributed by atoms with Crippen molar-refractivity contribution in [3.63, 3.8) is 0 Å². The third kappa shape index (κ3) is 3.64. The summed E-state index contributed by atoms with van der Waals surface area (Å²) in [4.78, 5) is 28.0. The molecule has 0 saturated carbocycles. The molecule has 7 heteroatoms. The summed E-state index contributed by atoms with van der Waals surface area (Å²) in [6.07, 6.45) is 2.66. The van der Waals surface area contributed by atoms with Gasteiger partial charge in [0.1, 0.15) is 23.5 Å². The van der Waals surface area contributed by atoms with E-state index >= 15 is 0 Å². The van der Waals surface area contributed by atoms with Crippen LogP contribution < -0.4 is 10.4 Å². The molecule has 0 N–H and O–H groups in total. The van der Waals surface area contributed by atoms with Crippen LogP contribution in [0.5, 0.6) is 5.75 Å². The fourth-order valence-electron chi connectivity index (χ4n) is 2.75. The first kappa shape index (κ1) is 17.5. The van der Waals surface area contributed by atoms with Crippen LogP contribution in [0.25, 0.3) is 28.1 Å². The van der Waals surface area contributed by atoms with Crippen molar-refractivity contribution in [1.82, 2.24) is 4.98 Å². The van der Waals surface area contributed by atoms with Gasteiger partial charge in [-0.3, -0.25) is 0 Å². The zero-order valence-corrected chi connectivity index (χ0v) is 14.9. The van der Waals surface area contributed by atoms with Crippen molar-refractivity contribution in [2.45, 2.75) is 6.61 Å². The summed E-state index contributed by atoms with van der Waals surface area (Å²) in [6, 6.07) is 13.7. The van der Waals surface area contributed by atoms with Gasteiger partial charge in [-0.15, -0.1) is 0 Å². The van der Waals surface area contributed by atoms with E-state index in [9.17, 15) is 9.59 Å². The van der Waals surface area contributed by atoms with Gasteiger partial charge in [0, 0.05) is 35.2 Å². The number of ether oxygens (including phenoxy) is 2. The standard InChI is InChI=1S/C21H15NO6/c1-25-14-6-7-15-13(10-21(24)28-18(15)11-14)12-26-20(23)9-8-19-22-16-4-2-3-5-17(16)27-19/h2-11H,12H2,1H3/b9-8+. The predicted octanol–water partition coefficient (Wildman–Crippen LogP) is 3.70. The molecule has 7 nitrogen and oxygen atoms in total. The van der Waals surface area contributed by atoms with E-state index in [0.717, 1.165) is 0 Å². The van der Waals surface area contributed by atoms with Crippen molar-refractivity contribution in [3.05, 3.63) is 76.5 Å². The molecule has 0 amide bonds. The number of rotatable bonds is 5. The van der Waals surface area contributed by atoms with E-state index < -0.39 is 11.6 Å². The monoisotopic (exact) mass is 377 g/mol. The van der Waals surface area contributed by atoms with Gasteiger partial charge in [-0.1, -0.05) is 12.1 Å². The number of aromatic nitrogens is 1. The minimum absolute atomic E-state index is 0.0782. The zero-order valence-electron chi connectivity index (χ0n) is 14.9. The quantitative estimate of drug-likeness (QED) is 0.297. The van der Waals surface area contributed by atoms with Gasteiger partial charge in [-0.2, -0.15) is 0 Å². The van der Waals surface area contributed by atoms with Crippen molar-refractivity contribution in [1.29, 1.82) is 0 Å². The number of carbonyl (C=O) groups excluding carboxylic acids is 1. The van der Waals surface area contributed by atoms with Gasteiger partial charge >= 0.3 is 11.6 Å². The second-order valence-corrected chi connectivity index (χ2v) is 5.91. The van der Waals surface area contributed by atoms with Gasteiger partial charge in [0.05, 0.1) is 7.11 Å². The van der Waals surface area contributed by atoms with Crippen LogP contribution in [0.1, 0.15) is 11.5 Å². The Balaban J connectivity index is 1.49. The third-order valence-corrected chi connectivity index (χ3v) is 4.08.